The first kappa shape index (κ1) is 17.0. The second-order valence-electron chi connectivity index (χ2n) is 9.46. The fourth-order valence-corrected chi connectivity index (χ4v) is 5.16. The molecule has 2 heteroatoms. The fourth-order valence-electron chi connectivity index (χ4n) is 5.16. The van der Waals surface area contributed by atoms with E-state index in [1.807, 2.05) is 0 Å². The maximum atomic E-state index is 9.68. The Morgan fingerprint density at radius 3 is 1.68 bits per heavy atom. The van der Waals surface area contributed by atoms with Gasteiger partial charge in [-0.1, -0.05) is 62.3 Å². The van der Waals surface area contributed by atoms with Gasteiger partial charge in [-0.3, -0.25) is 5.26 Å². The van der Waals surface area contributed by atoms with Crippen LogP contribution in [0.1, 0.15) is 75.2 Å². The first-order chi connectivity index (χ1) is 8.29. The normalized spacial score (nSPS) is 31.3. The Bertz CT molecular complexity index is 303. The van der Waals surface area contributed by atoms with E-state index >= 15 is 0 Å². The highest BCUT2D eigenvalue weighted by Gasteiger charge is 2.62. The van der Waals surface area contributed by atoms with Gasteiger partial charge in [0.05, 0.1) is 0 Å². The van der Waals surface area contributed by atoms with Crippen LogP contribution in [0, 0.1) is 27.6 Å². The molecule has 2 nitrogen and oxygen atoms in total. The van der Waals surface area contributed by atoms with Crippen molar-refractivity contribution >= 4 is 0 Å². The predicted molar refractivity (Wildman–Crippen MR) is 81.0 cm³/mol. The SMILES string of the molecule is CC1CC(C)(C)C(OO)C(C(C)(C)C)(C(C)(C)C)C1. The van der Waals surface area contributed by atoms with E-state index in [-0.39, 0.29) is 27.8 Å². The third-order valence-corrected chi connectivity index (χ3v) is 5.48. The minimum absolute atomic E-state index is 0.00697. The van der Waals surface area contributed by atoms with Crippen LogP contribution in [-0.4, -0.2) is 11.4 Å². The van der Waals surface area contributed by atoms with Crippen molar-refractivity contribution in [1.82, 2.24) is 0 Å². The number of hydrogen-bond acceptors (Lipinski definition) is 2. The minimum atomic E-state index is -0.129. The number of rotatable bonds is 1. The van der Waals surface area contributed by atoms with Crippen LogP contribution in [0.15, 0.2) is 0 Å². The molecule has 0 aromatic carbocycles. The van der Waals surface area contributed by atoms with Crippen molar-refractivity contribution in [3.05, 3.63) is 0 Å². The molecule has 0 bridgehead atoms. The Hall–Kier alpha value is -0.0800. The number of hydrogen-bond donors (Lipinski definition) is 1. The lowest BCUT2D eigenvalue weighted by Crippen LogP contribution is -2.63. The molecule has 19 heavy (non-hydrogen) atoms. The summed E-state index contributed by atoms with van der Waals surface area (Å²) in [5, 5.41) is 9.68. The third kappa shape index (κ3) is 2.58. The van der Waals surface area contributed by atoms with E-state index in [1.165, 1.54) is 0 Å². The summed E-state index contributed by atoms with van der Waals surface area (Å²) in [6.07, 6.45) is 2.08. The van der Waals surface area contributed by atoms with Gasteiger partial charge in [-0.2, -0.15) is 0 Å². The van der Waals surface area contributed by atoms with E-state index in [9.17, 15) is 5.26 Å². The molecule has 0 spiro atoms. The van der Waals surface area contributed by atoms with E-state index in [1.54, 1.807) is 0 Å². The molecule has 1 aliphatic carbocycles. The van der Waals surface area contributed by atoms with Crippen LogP contribution in [0.5, 0.6) is 0 Å². The van der Waals surface area contributed by atoms with E-state index in [2.05, 4.69) is 62.3 Å². The molecule has 0 radical (unpaired) electrons. The molecular formula is C17H34O2. The smallest absolute Gasteiger partial charge is 0.104 e. The average Bonchev–Trinajstić information content (AvgIpc) is 2.10. The first-order valence-corrected chi connectivity index (χ1v) is 7.60. The third-order valence-electron chi connectivity index (χ3n) is 5.48. The van der Waals surface area contributed by atoms with Gasteiger partial charge in [0.1, 0.15) is 6.10 Å². The van der Waals surface area contributed by atoms with Crippen LogP contribution in [0.25, 0.3) is 0 Å². The van der Waals surface area contributed by atoms with Crippen molar-refractivity contribution in [3.63, 3.8) is 0 Å². The monoisotopic (exact) mass is 270 g/mol. The van der Waals surface area contributed by atoms with Gasteiger partial charge in [0.15, 0.2) is 0 Å². The van der Waals surface area contributed by atoms with E-state index in [0.29, 0.717) is 5.92 Å². The quantitative estimate of drug-likeness (QED) is 0.512. The Labute approximate surface area is 119 Å². The summed E-state index contributed by atoms with van der Waals surface area (Å²) in [5.74, 6) is 0.653. The molecule has 1 aliphatic rings. The zero-order chi connectivity index (χ0) is 15.3. The van der Waals surface area contributed by atoms with Crippen LogP contribution in [-0.2, 0) is 4.89 Å². The molecule has 2 atom stereocenters. The van der Waals surface area contributed by atoms with Crippen molar-refractivity contribution in [2.75, 3.05) is 0 Å². The summed E-state index contributed by atoms with van der Waals surface area (Å²) in [4.78, 5) is 5.12. The van der Waals surface area contributed by atoms with Gasteiger partial charge in [0.25, 0.3) is 0 Å². The Balaban J connectivity index is 3.50. The summed E-state index contributed by atoms with van der Waals surface area (Å²) in [6, 6.07) is 0. The zero-order valence-corrected chi connectivity index (χ0v) is 14.4. The lowest BCUT2D eigenvalue weighted by molar-refractivity contribution is -0.366. The minimum Gasteiger partial charge on any atom is -0.251 e. The molecule has 0 aliphatic heterocycles. The topological polar surface area (TPSA) is 29.5 Å². The van der Waals surface area contributed by atoms with Gasteiger partial charge in [-0.15, -0.1) is 0 Å². The second-order valence-corrected chi connectivity index (χ2v) is 9.46. The van der Waals surface area contributed by atoms with Gasteiger partial charge in [0.2, 0.25) is 0 Å². The van der Waals surface area contributed by atoms with Gasteiger partial charge >= 0.3 is 0 Å². The molecule has 1 saturated carbocycles. The molecule has 1 rings (SSSR count). The molecule has 0 aromatic rings. The summed E-state index contributed by atoms with van der Waals surface area (Å²) in [5.41, 5.74) is 0.0953. The highest BCUT2D eigenvalue weighted by Crippen LogP contribution is 2.65. The molecule has 114 valence electrons. The highest BCUT2D eigenvalue weighted by molar-refractivity contribution is 5.10. The van der Waals surface area contributed by atoms with Crippen LogP contribution in [0.3, 0.4) is 0 Å². The van der Waals surface area contributed by atoms with E-state index < -0.39 is 0 Å². The van der Waals surface area contributed by atoms with Crippen molar-refractivity contribution in [1.29, 1.82) is 0 Å². The molecule has 0 heterocycles. The summed E-state index contributed by atoms with van der Waals surface area (Å²) < 4.78 is 0. The van der Waals surface area contributed by atoms with E-state index in [4.69, 9.17) is 4.89 Å². The maximum absolute atomic E-state index is 9.68. The molecule has 1 fully saturated rings. The molecular weight excluding hydrogens is 236 g/mol. The van der Waals surface area contributed by atoms with Crippen molar-refractivity contribution in [2.45, 2.75) is 81.3 Å². The summed E-state index contributed by atoms with van der Waals surface area (Å²) >= 11 is 0. The molecule has 2 unspecified atom stereocenters. The first-order valence-electron chi connectivity index (χ1n) is 7.60. The van der Waals surface area contributed by atoms with Crippen molar-refractivity contribution < 1.29 is 10.1 Å². The average molecular weight is 270 g/mol. The predicted octanol–water partition coefficient (Wildman–Crippen LogP) is 5.38. The summed E-state index contributed by atoms with van der Waals surface area (Å²) in [7, 11) is 0. The lowest BCUT2D eigenvalue weighted by atomic mass is 9.42. The Morgan fingerprint density at radius 1 is 0.947 bits per heavy atom. The standard InChI is InChI=1S/C17H34O2/c1-12-10-16(8,9)13(19-18)17(11-12,14(2,3)4)15(5,6)7/h12-13,18H,10-11H2,1-9H3. The Morgan fingerprint density at radius 2 is 1.37 bits per heavy atom. The molecule has 0 amide bonds. The summed E-state index contributed by atoms with van der Waals surface area (Å²) in [6.45, 7) is 20.5. The van der Waals surface area contributed by atoms with Crippen molar-refractivity contribution in [2.24, 2.45) is 27.6 Å². The molecule has 0 saturated heterocycles. The molecule has 1 N–H and O–H groups in total. The van der Waals surface area contributed by atoms with Crippen LogP contribution < -0.4 is 0 Å². The van der Waals surface area contributed by atoms with Crippen LogP contribution in [0.4, 0.5) is 0 Å². The zero-order valence-electron chi connectivity index (χ0n) is 14.4. The van der Waals surface area contributed by atoms with Crippen molar-refractivity contribution in [3.8, 4) is 0 Å². The van der Waals surface area contributed by atoms with Gasteiger partial charge in [-0.05, 0) is 35.0 Å². The van der Waals surface area contributed by atoms with Gasteiger partial charge in [0, 0.05) is 5.41 Å². The Kier molecular flexibility index (Phi) is 4.23. The van der Waals surface area contributed by atoms with Crippen LogP contribution >= 0.6 is 0 Å². The van der Waals surface area contributed by atoms with Crippen LogP contribution in [0.2, 0.25) is 0 Å². The lowest BCUT2D eigenvalue weighted by Gasteiger charge is -2.64. The van der Waals surface area contributed by atoms with Gasteiger partial charge < -0.3 is 0 Å². The fraction of sp³-hybridized carbons (Fsp3) is 1.00. The molecule has 0 aromatic heterocycles. The van der Waals surface area contributed by atoms with E-state index in [0.717, 1.165) is 12.8 Å². The second kappa shape index (κ2) is 4.73. The largest absolute Gasteiger partial charge is 0.251 e. The maximum Gasteiger partial charge on any atom is 0.104 e. The highest BCUT2D eigenvalue weighted by atomic mass is 17.1. The van der Waals surface area contributed by atoms with Gasteiger partial charge in [-0.25, -0.2) is 4.89 Å².